The Morgan fingerprint density at radius 1 is 1.28 bits per heavy atom. The molecule has 2 amide bonds. The van der Waals surface area contributed by atoms with Gasteiger partial charge in [0.25, 0.3) is 0 Å². The van der Waals surface area contributed by atoms with Crippen LogP contribution in [-0.2, 0) is 0 Å². The molecular weight excluding hydrogens is 320 g/mol. The second kappa shape index (κ2) is 8.13. The van der Waals surface area contributed by atoms with Gasteiger partial charge in [-0.2, -0.15) is 0 Å². The van der Waals surface area contributed by atoms with Gasteiger partial charge in [0.05, 0.1) is 6.61 Å². The Labute approximate surface area is 147 Å². The van der Waals surface area contributed by atoms with Crippen LogP contribution >= 0.6 is 0 Å². The summed E-state index contributed by atoms with van der Waals surface area (Å²) >= 11 is 0. The fraction of sp³-hybridized carbons (Fsp3) is 0.444. The maximum absolute atomic E-state index is 12.4. The van der Waals surface area contributed by atoms with Crippen molar-refractivity contribution in [3.63, 3.8) is 0 Å². The summed E-state index contributed by atoms with van der Waals surface area (Å²) < 4.78 is 5.30. The van der Waals surface area contributed by atoms with E-state index in [0.29, 0.717) is 24.7 Å². The van der Waals surface area contributed by atoms with Crippen LogP contribution in [-0.4, -0.2) is 64.9 Å². The number of hydrogen-bond donors (Lipinski definition) is 2. The van der Waals surface area contributed by atoms with Crippen molar-refractivity contribution < 1.29 is 14.4 Å². The second-order valence-corrected chi connectivity index (χ2v) is 6.14. The second-order valence-electron chi connectivity index (χ2n) is 6.14. The van der Waals surface area contributed by atoms with Crippen molar-refractivity contribution in [1.29, 1.82) is 0 Å². The Morgan fingerprint density at radius 2 is 2.00 bits per heavy atom. The van der Waals surface area contributed by atoms with Gasteiger partial charge in [0.2, 0.25) is 0 Å². The number of aliphatic hydroxyl groups is 1. The molecule has 25 heavy (non-hydrogen) atoms. The zero-order valence-corrected chi connectivity index (χ0v) is 14.4. The lowest BCUT2D eigenvalue weighted by Gasteiger charge is -2.38. The van der Waals surface area contributed by atoms with Gasteiger partial charge < -0.3 is 14.5 Å². The molecule has 1 aliphatic heterocycles. The molecule has 3 rings (SSSR count). The van der Waals surface area contributed by atoms with E-state index in [0.717, 1.165) is 25.1 Å². The molecule has 1 saturated heterocycles. The fourth-order valence-corrected chi connectivity index (χ4v) is 3.05. The maximum Gasteiger partial charge on any atom is 0.323 e. The Kier molecular flexibility index (Phi) is 5.67. The molecule has 2 N–H and O–H groups in total. The number of amides is 2. The Balaban J connectivity index is 1.54. The van der Waals surface area contributed by atoms with Gasteiger partial charge in [0.15, 0.2) is 11.6 Å². The Bertz CT molecular complexity index is 677. The van der Waals surface area contributed by atoms with Crippen LogP contribution in [0.1, 0.15) is 13.3 Å². The fourth-order valence-electron chi connectivity index (χ4n) is 3.05. The first-order valence-corrected chi connectivity index (χ1v) is 8.64. The molecule has 134 valence electrons. The van der Waals surface area contributed by atoms with Crippen molar-refractivity contribution in [2.75, 3.05) is 38.1 Å². The monoisotopic (exact) mass is 344 g/mol. The third-order valence-electron chi connectivity index (χ3n) is 4.60. The molecule has 2 heterocycles. The van der Waals surface area contributed by atoms with Crippen molar-refractivity contribution >= 4 is 11.8 Å². The number of hydrogen-bond acceptors (Lipinski definition) is 5. The van der Waals surface area contributed by atoms with Gasteiger partial charge in [-0.05, 0) is 6.42 Å². The van der Waals surface area contributed by atoms with E-state index in [-0.39, 0.29) is 18.7 Å². The minimum Gasteiger partial charge on any atom is -0.395 e. The average Bonchev–Trinajstić information content (AvgIpc) is 3.12. The van der Waals surface area contributed by atoms with Gasteiger partial charge in [0, 0.05) is 43.9 Å². The quantitative estimate of drug-likeness (QED) is 0.869. The van der Waals surface area contributed by atoms with Gasteiger partial charge in [-0.15, -0.1) is 0 Å². The summed E-state index contributed by atoms with van der Waals surface area (Å²) in [7, 11) is 0. The summed E-state index contributed by atoms with van der Waals surface area (Å²) in [5.74, 6) is 1.03. The Hall–Kier alpha value is -2.38. The lowest BCUT2D eigenvalue weighted by atomic mass is 10.2. The van der Waals surface area contributed by atoms with Crippen LogP contribution < -0.4 is 5.32 Å². The normalized spacial score (nSPS) is 16.6. The molecule has 1 fully saturated rings. The van der Waals surface area contributed by atoms with E-state index in [2.05, 4.69) is 22.3 Å². The van der Waals surface area contributed by atoms with Gasteiger partial charge in [-0.3, -0.25) is 10.2 Å². The highest BCUT2D eigenvalue weighted by atomic mass is 16.5. The largest absolute Gasteiger partial charge is 0.395 e. The summed E-state index contributed by atoms with van der Waals surface area (Å²) in [6.07, 6.45) is 0.907. The predicted molar refractivity (Wildman–Crippen MR) is 95.3 cm³/mol. The van der Waals surface area contributed by atoms with E-state index in [1.54, 1.807) is 11.0 Å². The third kappa shape index (κ3) is 4.18. The molecule has 0 saturated carbocycles. The van der Waals surface area contributed by atoms with Crippen molar-refractivity contribution in [1.82, 2.24) is 15.0 Å². The molecule has 1 aliphatic rings. The molecular formula is C18H24N4O3. The first-order valence-electron chi connectivity index (χ1n) is 8.64. The minimum atomic E-state index is -0.176. The number of piperazine rings is 1. The van der Waals surface area contributed by atoms with Gasteiger partial charge in [0.1, 0.15) is 0 Å². The SMILES string of the molecule is CCC(CO)N1CCN(C(=O)Nc2cc(-c3ccccc3)on2)CC1. The summed E-state index contributed by atoms with van der Waals surface area (Å²) in [6.45, 7) is 5.01. The van der Waals surface area contributed by atoms with E-state index in [4.69, 9.17) is 4.52 Å². The van der Waals surface area contributed by atoms with Crippen molar-refractivity contribution in [2.45, 2.75) is 19.4 Å². The minimum absolute atomic E-state index is 0.157. The number of carbonyl (C=O) groups is 1. The highest BCUT2D eigenvalue weighted by Gasteiger charge is 2.25. The summed E-state index contributed by atoms with van der Waals surface area (Å²) in [6, 6.07) is 11.4. The predicted octanol–water partition coefficient (Wildman–Crippen LogP) is 2.26. The zero-order valence-electron chi connectivity index (χ0n) is 14.4. The molecule has 0 radical (unpaired) electrons. The molecule has 1 unspecified atom stereocenters. The highest BCUT2D eigenvalue weighted by Crippen LogP contribution is 2.22. The molecule has 7 nitrogen and oxygen atoms in total. The lowest BCUT2D eigenvalue weighted by molar-refractivity contribution is 0.0765. The first-order chi connectivity index (χ1) is 12.2. The summed E-state index contributed by atoms with van der Waals surface area (Å²) in [4.78, 5) is 16.4. The van der Waals surface area contributed by atoms with E-state index in [9.17, 15) is 9.90 Å². The van der Waals surface area contributed by atoms with E-state index in [1.165, 1.54) is 0 Å². The number of nitrogens with one attached hydrogen (secondary N) is 1. The Morgan fingerprint density at radius 3 is 2.64 bits per heavy atom. The molecule has 0 bridgehead atoms. The number of carbonyl (C=O) groups excluding carboxylic acids is 1. The van der Waals surface area contributed by atoms with Crippen molar-refractivity contribution in [3.8, 4) is 11.3 Å². The van der Waals surface area contributed by atoms with Crippen LogP contribution in [0, 0.1) is 0 Å². The lowest BCUT2D eigenvalue weighted by Crippen LogP contribution is -2.53. The number of anilines is 1. The van der Waals surface area contributed by atoms with Gasteiger partial charge in [-0.25, -0.2) is 4.79 Å². The molecule has 1 aromatic heterocycles. The number of nitrogens with zero attached hydrogens (tertiary/aromatic N) is 3. The maximum atomic E-state index is 12.4. The summed E-state index contributed by atoms with van der Waals surface area (Å²) in [5.41, 5.74) is 0.915. The highest BCUT2D eigenvalue weighted by molar-refractivity contribution is 5.88. The van der Waals surface area contributed by atoms with E-state index >= 15 is 0 Å². The standard InChI is InChI=1S/C18H24N4O3/c1-2-15(13-23)21-8-10-22(11-9-21)18(24)19-17-12-16(25-20-17)14-6-4-3-5-7-14/h3-7,12,15,23H,2,8-11,13H2,1H3,(H,19,20,24). The van der Waals surface area contributed by atoms with Crippen LogP contribution in [0.2, 0.25) is 0 Å². The smallest absolute Gasteiger partial charge is 0.323 e. The number of aromatic nitrogens is 1. The molecule has 1 aromatic carbocycles. The first kappa shape index (κ1) is 17.4. The number of benzene rings is 1. The zero-order chi connectivity index (χ0) is 17.6. The van der Waals surface area contributed by atoms with Gasteiger partial charge >= 0.3 is 6.03 Å². The van der Waals surface area contributed by atoms with E-state index < -0.39 is 0 Å². The van der Waals surface area contributed by atoms with Crippen molar-refractivity contribution in [2.24, 2.45) is 0 Å². The van der Waals surface area contributed by atoms with Crippen LogP contribution in [0.4, 0.5) is 10.6 Å². The van der Waals surface area contributed by atoms with Crippen LogP contribution in [0.25, 0.3) is 11.3 Å². The van der Waals surface area contributed by atoms with E-state index in [1.807, 2.05) is 30.3 Å². The van der Waals surface area contributed by atoms with Crippen LogP contribution in [0.3, 0.4) is 0 Å². The van der Waals surface area contributed by atoms with Crippen molar-refractivity contribution in [3.05, 3.63) is 36.4 Å². The molecule has 0 aliphatic carbocycles. The van der Waals surface area contributed by atoms with Crippen LogP contribution in [0.15, 0.2) is 40.9 Å². The number of rotatable bonds is 5. The summed E-state index contributed by atoms with van der Waals surface area (Å²) in [5, 5.41) is 16.1. The number of urea groups is 1. The third-order valence-corrected chi connectivity index (χ3v) is 4.60. The molecule has 0 spiro atoms. The van der Waals surface area contributed by atoms with Gasteiger partial charge in [-0.1, -0.05) is 42.4 Å². The molecule has 1 atom stereocenters. The molecule has 2 aromatic rings. The average molecular weight is 344 g/mol. The van der Waals surface area contributed by atoms with Crippen LogP contribution in [0.5, 0.6) is 0 Å². The number of aliphatic hydroxyl groups excluding tert-OH is 1. The molecule has 7 heteroatoms. The topological polar surface area (TPSA) is 81.8 Å².